The molecule has 0 fully saturated rings. The number of hydrogen-bond donors (Lipinski definition) is 0. The molecule has 0 saturated carbocycles. The predicted octanol–water partition coefficient (Wildman–Crippen LogP) is 6.81. The second-order valence-corrected chi connectivity index (χ2v) is 8.58. The fourth-order valence-corrected chi connectivity index (χ4v) is 4.40. The monoisotopic (exact) mass is 469 g/mol. The van der Waals surface area contributed by atoms with E-state index in [1.165, 1.54) is 4.90 Å². The lowest BCUT2D eigenvalue weighted by Gasteiger charge is -2.26. The highest BCUT2D eigenvalue weighted by Gasteiger charge is 2.43. The van der Waals surface area contributed by atoms with E-state index in [9.17, 15) is 9.59 Å². The first-order chi connectivity index (χ1) is 14.9. The Bertz CT molecular complexity index is 1440. The van der Waals surface area contributed by atoms with Gasteiger partial charge in [-0.3, -0.25) is 14.5 Å². The van der Waals surface area contributed by atoms with Crippen LogP contribution in [0.1, 0.15) is 33.3 Å². The van der Waals surface area contributed by atoms with E-state index in [4.69, 9.17) is 39.2 Å². The summed E-state index contributed by atoms with van der Waals surface area (Å²) in [5, 5.41) is 1.62. The van der Waals surface area contributed by atoms with Crippen LogP contribution in [0.25, 0.3) is 11.0 Å². The zero-order valence-corrected chi connectivity index (χ0v) is 18.4. The molecule has 7 heteroatoms. The average Bonchev–Trinajstić information content (AvgIpc) is 3.05. The fourth-order valence-electron chi connectivity index (χ4n) is 3.92. The Kier molecular flexibility index (Phi) is 4.82. The Morgan fingerprint density at radius 1 is 0.871 bits per heavy atom. The van der Waals surface area contributed by atoms with Gasteiger partial charge in [0.05, 0.1) is 27.0 Å². The lowest BCUT2D eigenvalue weighted by Crippen LogP contribution is -2.29. The minimum Gasteiger partial charge on any atom is -0.450 e. The number of amides is 1. The lowest BCUT2D eigenvalue weighted by molar-refractivity contribution is 0.0971. The predicted molar refractivity (Wildman–Crippen MR) is 124 cm³/mol. The summed E-state index contributed by atoms with van der Waals surface area (Å²) in [6.45, 7) is 1.88. The van der Waals surface area contributed by atoms with Gasteiger partial charge in [0.15, 0.2) is 5.43 Å². The van der Waals surface area contributed by atoms with Crippen molar-refractivity contribution in [3.63, 3.8) is 0 Å². The van der Waals surface area contributed by atoms with Gasteiger partial charge < -0.3 is 4.42 Å². The van der Waals surface area contributed by atoms with E-state index in [0.29, 0.717) is 37.3 Å². The van der Waals surface area contributed by atoms with Gasteiger partial charge in [-0.25, -0.2) is 0 Å². The van der Waals surface area contributed by atoms with Crippen molar-refractivity contribution in [1.29, 1.82) is 0 Å². The number of halogens is 3. The smallest absolute Gasteiger partial charge is 0.295 e. The first-order valence-corrected chi connectivity index (χ1v) is 10.6. The van der Waals surface area contributed by atoms with Crippen LogP contribution in [0.4, 0.5) is 5.69 Å². The molecule has 5 rings (SSSR count). The summed E-state index contributed by atoms with van der Waals surface area (Å²) in [5.74, 6) is -0.412. The molecule has 1 unspecified atom stereocenters. The van der Waals surface area contributed by atoms with Gasteiger partial charge >= 0.3 is 0 Å². The van der Waals surface area contributed by atoms with E-state index in [0.717, 1.165) is 5.56 Å². The Hall–Kier alpha value is -2.79. The maximum atomic E-state index is 13.5. The van der Waals surface area contributed by atoms with Crippen LogP contribution in [0.5, 0.6) is 0 Å². The van der Waals surface area contributed by atoms with Crippen molar-refractivity contribution in [1.82, 2.24) is 0 Å². The molecule has 4 aromatic rings. The lowest BCUT2D eigenvalue weighted by atomic mass is 9.98. The Labute approximate surface area is 192 Å². The fraction of sp³-hybridized carbons (Fsp3) is 0.0833. The minimum atomic E-state index is -0.739. The molecule has 0 N–H and O–H groups in total. The van der Waals surface area contributed by atoms with Gasteiger partial charge in [-0.15, -0.1) is 0 Å². The molecule has 0 saturated heterocycles. The quantitative estimate of drug-likeness (QED) is 0.323. The molecule has 1 aromatic heterocycles. The first-order valence-electron chi connectivity index (χ1n) is 9.47. The van der Waals surface area contributed by atoms with E-state index < -0.39 is 11.9 Å². The van der Waals surface area contributed by atoms with E-state index in [1.54, 1.807) is 54.6 Å². The molecule has 2 heterocycles. The van der Waals surface area contributed by atoms with E-state index in [-0.39, 0.29) is 16.8 Å². The Balaban J connectivity index is 1.83. The molecule has 154 valence electrons. The SMILES string of the molecule is Cc1ccc(N2C(=O)c3oc4ccccc4c(=O)c3C2c2ccc(Cl)c(Cl)c2)cc1Cl. The largest absolute Gasteiger partial charge is 0.450 e. The summed E-state index contributed by atoms with van der Waals surface area (Å²) >= 11 is 18.7. The van der Waals surface area contributed by atoms with Gasteiger partial charge in [-0.05, 0) is 54.4 Å². The highest BCUT2D eigenvalue weighted by atomic mass is 35.5. The summed E-state index contributed by atoms with van der Waals surface area (Å²) in [5.41, 5.74) is 2.42. The van der Waals surface area contributed by atoms with Crippen LogP contribution in [-0.2, 0) is 0 Å². The zero-order chi connectivity index (χ0) is 21.9. The van der Waals surface area contributed by atoms with Gasteiger partial charge in [-0.2, -0.15) is 0 Å². The van der Waals surface area contributed by atoms with Gasteiger partial charge in [0.25, 0.3) is 5.91 Å². The highest BCUT2D eigenvalue weighted by molar-refractivity contribution is 6.42. The third-order valence-corrected chi connectivity index (χ3v) is 6.62. The molecule has 31 heavy (non-hydrogen) atoms. The number of para-hydroxylation sites is 1. The Morgan fingerprint density at radius 2 is 1.65 bits per heavy atom. The third kappa shape index (κ3) is 3.14. The highest BCUT2D eigenvalue weighted by Crippen LogP contribution is 2.43. The van der Waals surface area contributed by atoms with Gasteiger partial charge in [0, 0.05) is 10.7 Å². The summed E-state index contributed by atoms with van der Waals surface area (Å²) in [7, 11) is 0. The Morgan fingerprint density at radius 3 is 2.39 bits per heavy atom. The first kappa shape index (κ1) is 20.1. The van der Waals surface area contributed by atoms with Crippen LogP contribution < -0.4 is 10.3 Å². The number of hydrogen-bond acceptors (Lipinski definition) is 3. The number of fused-ring (bicyclic) bond motifs is 2. The summed E-state index contributed by atoms with van der Waals surface area (Å²) in [6, 6.07) is 16.5. The van der Waals surface area contributed by atoms with Crippen molar-refractivity contribution >= 4 is 57.4 Å². The average molecular weight is 471 g/mol. The van der Waals surface area contributed by atoms with Crippen LogP contribution in [0.2, 0.25) is 15.1 Å². The van der Waals surface area contributed by atoms with Crippen LogP contribution >= 0.6 is 34.8 Å². The van der Waals surface area contributed by atoms with Crippen molar-refractivity contribution in [3.05, 3.63) is 108 Å². The van der Waals surface area contributed by atoms with Gasteiger partial charge in [0.1, 0.15) is 5.58 Å². The van der Waals surface area contributed by atoms with Crippen molar-refractivity contribution in [2.45, 2.75) is 13.0 Å². The van der Waals surface area contributed by atoms with Crippen molar-refractivity contribution in [2.75, 3.05) is 4.90 Å². The third-order valence-electron chi connectivity index (χ3n) is 5.47. The van der Waals surface area contributed by atoms with Gasteiger partial charge in [0.2, 0.25) is 5.76 Å². The zero-order valence-electron chi connectivity index (χ0n) is 16.2. The van der Waals surface area contributed by atoms with E-state index in [1.807, 2.05) is 13.0 Å². The maximum absolute atomic E-state index is 13.5. The normalized spacial score (nSPS) is 15.5. The van der Waals surface area contributed by atoms with Crippen molar-refractivity contribution in [2.24, 2.45) is 0 Å². The summed E-state index contributed by atoms with van der Waals surface area (Å²) in [6.07, 6.45) is 0. The maximum Gasteiger partial charge on any atom is 0.295 e. The molecule has 0 aliphatic carbocycles. The topological polar surface area (TPSA) is 50.5 Å². The number of rotatable bonds is 2. The van der Waals surface area contributed by atoms with Crippen molar-refractivity contribution < 1.29 is 9.21 Å². The number of benzene rings is 3. The molecule has 0 bridgehead atoms. The van der Waals surface area contributed by atoms with E-state index >= 15 is 0 Å². The van der Waals surface area contributed by atoms with Crippen LogP contribution in [0.3, 0.4) is 0 Å². The standard InChI is InChI=1S/C24H14Cl3NO3/c1-12-6-8-14(11-17(12)26)28-21(13-7-9-16(25)18(27)10-13)20-22(29)15-4-2-3-5-19(15)31-23(20)24(28)30/h2-11,21H,1H3. The molecule has 1 amide bonds. The number of aryl methyl sites for hydroxylation is 1. The van der Waals surface area contributed by atoms with Crippen molar-refractivity contribution in [3.8, 4) is 0 Å². The molecule has 0 spiro atoms. The summed E-state index contributed by atoms with van der Waals surface area (Å²) < 4.78 is 5.93. The number of nitrogens with zero attached hydrogens (tertiary/aromatic N) is 1. The molecule has 3 aromatic carbocycles. The molecular weight excluding hydrogens is 457 g/mol. The molecule has 1 aliphatic rings. The molecule has 1 atom stereocenters. The second kappa shape index (κ2) is 7.41. The second-order valence-electron chi connectivity index (χ2n) is 7.35. The summed E-state index contributed by atoms with van der Waals surface area (Å²) in [4.78, 5) is 28.5. The number of carbonyl (C=O) groups excluding carboxylic acids is 1. The number of anilines is 1. The molecule has 1 aliphatic heterocycles. The van der Waals surface area contributed by atoms with Crippen LogP contribution in [-0.4, -0.2) is 5.91 Å². The van der Waals surface area contributed by atoms with Crippen LogP contribution in [0, 0.1) is 6.92 Å². The molecular formula is C24H14Cl3NO3. The number of carbonyl (C=O) groups is 1. The molecule has 4 nitrogen and oxygen atoms in total. The molecule has 0 radical (unpaired) electrons. The van der Waals surface area contributed by atoms with Gasteiger partial charge in [-0.1, -0.05) is 59.1 Å². The van der Waals surface area contributed by atoms with E-state index in [2.05, 4.69) is 0 Å². The van der Waals surface area contributed by atoms with Crippen LogP contribution in [0.15, 0.2) is 69.9 Å². The minimum absolute atomic E-state index is 0.0106.